The number of hydrogen-bond donors (Lipinski definition) is 1. The molecule has 0 unspecified atom stereocenters. The molecule has 0 atom stereocenters. The van der Waals surface area contributed by atoms with Crippen molar-refractivity contribution >= 4 is 5.97 Å². The first kappa shape index (κ1) is 15.1. The summed E-state index contributed by atoms with van der Waals surface area (Å²) in [6.45, 7) is 1.98. The lowest BCUT2D eigenvalue weighted by atomic mass is 9.98. The standard InChI is InChI=1S/C16H13F3O2/c1-2-10-3-5-11(6-4-10)12-7-8-13(15(20)21)14(9-12)16(17,18)19/h3-9H,2H2,1H3,(H,20,21). The summed E-state index contributed by atoms with van der Waals surface area (Å²) in [5, 5.41) is 8.86. The maximum absolute atomic E-state index is 13.0. The van der Waals surface area contributed by atoms with Crippen LogP contribution in [-0.2, 0) is 12.6 Å². The summed E-state index contributed by atoms with van der Waals surface area (Å²) < 4.78 is 38.9. The van der Waals surface area contributed by atoms with Crippen molar-refractivity contribution in [3.8, 4) is 11.1 Å². The number of alkyl halides is 3. The molecule has 110 valence electrons. The Kier molecular flexibility index (Phi) is 4.02. The van der Waals surface area contributed by atoms with E-state index in [4.69, 9.17) is 5.11 Å². The quantitative estimate of drug-likeness (QED) is 0.896. The minimum absolute atomic E-state index is 0.343. The molecule has 0 saturated heterocycles. The fourth-order valence-electron chi connectivity index (χ4n) is 2.08. The first-order valence-electron chi connectivity index (χ1n) is 6.36. The Balaban J connectivity index is 2.53. The molecular formula is C16H13F3O2. The van der Waals surface area contributed by atoms with Crippen LogP contribution >= 0.6 is 0 Å². The zero-order valence-corrected chi connectivity index (χ0v) is 11.2. The maximum Gasteiger partial charge on any atom is 0.417 e. The molecule has 2 aromatic carbocycles. The highest BCUT2D eigenvalue weighted by molar-refractivity contribution is 5.90. The number of hydrogen-bond acceptors (Lipinski definition) is 1. The highest BCUT2D eigenvalue weighted by Crippen LogP contribution is 2.35. The van der Waals surface area contributed by atoms with Crippen molar-refractivity contribution in [3.05, 3.63) is 59.2 Å². The summed E-state index contributed by atoms with van der Waals surface area (Å²) in [5.74, 6) is -1.59. The molecule has 0 aliphatic heterocycles. The number of aryl methyl sites for hydroxylation is 1. The molecule has 0 aromatic heterocycles. The fraction of sp³-hybridized carbons (Fsp3) is 0.188. The van der Waals surface area contributed by atoms with E-state index in [1.165, 1.54) is 6.07 Å². The Labute approximate surface area is 119 Å². The van der Waals surface area contributed by atoms with Crippen LogP contribution in [0.25, 0.3) is 11.1 Å². The number of benzene rings is 2. The minimum atomic E-state index is -4.70. The molecule has 0 radical (unpaired) electrons. The second kappa shape index (κ2) is 5.60. The second-order valence-corrected chi connectivity index (χ2v) is 4.61. The van der Waals surface area contributed by atoms with Gasteiger partial charge in [0.15, 0.2) is 0 Å². The molecule has 1 N–H and O–H groups in total. The van der Waals surface area contributed by atoms with Gasteiger partial charge in [0.25, 0.3) is 0 Å². The van der Waals surface area contributed by atoms with E-state index in [1.54, 1.807) is 12.1 Å². The molecular weight excluding hydrogens is 281 g/mol. The zero-order chi connectivity index (χ0) is 15.6. The van der Waals surface area contributed by atoms with Gasteiger partial charge < -0.3 is 5.11 Å². The molecule has 0 bridgehead atoms. The van der Waals surface area contributed by atoms with Crippen molar-refractivity contribution in [2.24, 2.45) is 0 Å². The predicted octanol–water partition coefficient (Wildman–Crippen LogP) is 4.63. The average Bonchev–Trinajstić information content (AvgIpc) is 2.45. The zero-order valence-electron chi connectivity index (χ0n) is 11.2. The molecule has 0 fully saturated rings. The predicted molar refractivity (Wildman–Crippen MR) is 73.2 cm³/mol. The molecule has 0 aliphatic rings. The third kappa shape index (κ3) is 3.24. The van der Waals surface area contributed by atoms with Crippen LogP contribution in [0, 0.1) is 0 Å². The van der Waals surface area contributed by atoms with Gasteiger partial charge in [-0.3, -0.25) is 0 Å². The Morgan fingerprint density at radius 1 is 1.05 bits per heavy atom. The minimum Gasteiger partial charge on any atom is -0.478 e. The van der Waals surface area contributed by atoms with E-state index in [1.807, 2.05) is 19.1 Å². The SMILES string of the molecule is CCc1ccc(-c2ccc(C(=O)O)c(C(F)(F)F)c2)cc1. The molecule has 0 aliphatic carbocycles. The molecule has 2 aromatic rings. The summed E-state index contributed by atoms with van der Waals surface area (Å²) >= 11 is 0. The van der Waals surface area contributed by atoms with Crippen LogP contribution in [-0.4, -0.2) is 11.1 Å². The van der Waals surface area contributed by atoms with Crippen molar-refractivity contribution in [2.45, 2.75) is 19.5 Å². The topological polar surface area (TPSA) is 37.3 Å². The molecule has 0 saturated carbocycles. The van der Waals surface area contributed by atoms with E-state index < -0.39 is 23.3 Å². The van der Waals surface area contributed by atoms with Crippen LogP contribution in [0.2, 0.25) is 0 Å². The fourth-order valence-corrected chi connectivity index (χ4v) is 2.08. The number of halogens is 3. The van der Waals surface area contributed by atoms with Crippen molar-refractivity contribution in [3.63, 3.8) is 0 Å². The van der Waals surface area contributed by atoms with Crippen LogP contribution < -0.4 is 0 Å². The van der Waals surface area contributed by atoms with Crippen LogP contribution in [0.1, 0.15) is 28.4 Å². The molecule has 21 heavy (non-hydrogen) atoms. The van der Waals surface area contributed by atoms with Crippen LogP contribution in [0.3, 0.4) is 0 Å². The normalized spacial score (nSPS) is 11.4. The molecule has 0 amide bonds. The van der Waals surface area contributed by atoms with Crippen molar-refractivity contribution in [1.82, 2.24) is 0 Å². The second-order valence-electron chi connectivity index (χ2n) is 4.61. The summed E-state index contributed by atoms with van der Waals surface area (Å²) in [4.78, 5) is 10.9. The molecule has 5 heteroatoms. The van der Waals surface area contributed by atoms with Gasteiger partial charge in [-0.15, -0.1) is 0 Å². The molecule has 0 spiro atoms. The lowest BCUT2D eigenvalue weighted by Gasteiger charge is -2.12. The Hall–Kier alpha value is -2.30. The van der Waals surface area contributed by atoms with E-state index in [0.717, 1.165) is 24.1 Å². The third-order valence-electron chi connectivity index (χ3n) is 3.25. The smallest absolute Gasteiger partial charge is 0.417 e. The lowest BCUT2D eigenvalue weighted by molar-refractivity contribution is -0.138. The Morgan fingerprint density at radius 2 is 1.62 bits per heavy atom. The molecule has 0 heterocycles. The van der Waals surface area contributed by atoms with Gasteiger partial charge in [0.05, 0.1) is 11.1 Å². The highest BCUT2D eigenvalue weighted by Gasteiger charge is 2.35. The number of carboxylic acid groups (broad SMARTS) is 1. The van der Waals surface area contributed by atoms with Crippen LogP contribution in [0.5, 0.6) is 0 Å². The Morgan fingerprint density at radius 3 is 2.10 bits per heavy atom. The van der Waals surface area contributed by atoms with Crippen molar-refractivity contribution in [2.75, 3.05) is 0 Å². The van der Waals surface area contributed by atoms with Gasteiger partial charge in [-0.25, -0.2) is 4.79 Å². The van der Waals surface area contributed by atoms with Gasteiger partial charge >= 0.3 is 12.1 Å². The maximum atomic E-state index is 13.0. The van der Waals surface area contributed by atoms with E-state index >= 15 is 0 Å². The summed E-state index contributed by atoms with van der Waals surface area (Å²) in [6.07, 6.45) is -3.86. The monoisotopic (exact) mass is 294 g/mol. The number of aromatic carboxylic acids is 1. The van der Waals surface area contributed by atoms with Crippen LogP contribution in [0.4, 0.5) is 13.2 Å². The van der Waals surface area contributed by atoms with Gasteiger partial charge in [-0.1, -0.05) is 37.3 Å². The van der Waals surface area contributed by atoms with E-state index in [0.29, 0.717) is 11.1 Å². The van der Waals surface area contributed by atoms with E-state index in [9.17, 15) is 18.0 Å². The largest absolute Gasteiger partial charge is 0.478 e. The Bertz CT molecular complexity index is 658. The number of rotatable bonds is 3. The molecule has 2 nitrogen and oxygen atoms in total. The number of carbonyl (C=O) groups is 1. The van der Waals surface area contributed by atoms with E-state index in [2.05, 4.69) is 0 Å². The van der Waals surface area contributed by atoms with Gasteiger partial charge in [-0.05, 0) is 35.2 Å². The summed E-state index contributed by atoms with van der Waals surface area (Å²) in [7, 11) is 0. The average molecular weight is 294 g/mol. The van der Waals surface area contributed by atoms with Crippen molar-refractivity contribution in [1.29, 1.82) is 0 Å². The highest BCUT2D eigenvalue weighted by atomic mass is 19.4. The summed E-state index contributed by atoms with van der Waals surface area (Å²) in [5.41, 5.74) is 0.171. The van der Waals surface area contributed by atoms with Gasteiger partial charge in [0.1, 0.15) is 0 Å². The number of carboxylic acids is 1. The van der Waals surface area contributed by atoms with Gasteiger partial charge in [-0.2, -0.15) is 13.2 Å². The van der Waals surface area contributed by atoms with Crippen molar-refractivity contribution < 1.29 is 23.1 Å². The molecule has 2 rings (SSSR count). The van der Waals surface area contributed by atoms with Gasteiger partial charge in [0.2, 0.25) is 0 Å². The third-order valence-corrected chi connectivity index (χ3v) is 3.25. The van der Waals surface area contributed by atoms with Gasteiger partial charge in [0, 0.05) is 0 Å². The lowest BCUT2D eigenvalue weighted by Crippen LogP contribution is -2.12. The first-order valence-corrected chi connectivity index (χ1v) is 6.36. The first-order chi connectivity index (χ1) is 9.82. The summed E-state index contributed by atoms with van der Waals surface area (Å²) in [6, 6.07) is 10.4. The van der Waals surface area contributed by atoms with Crippen LogP contribution in [0.15, 0.2) is 42.5 Å². The van der Waals surface area contributed by atoms with E-state index in [-0.39, 0.29) is 0 Å².